The molecule has 0 aliphatic heterocycles. The molecule has 0 saturated carbocycles. The lowest BCUT2D eigenvalue weighted by Gasteiger charge is -2.19. The molecule has 3 nitrogen and oxygen atoms in total. The highest BCUT2D eigenvalue weighted by Gasteiger charge is 2.05. The van der Waals surface area contributed by atoms with Gasteiger partial charge in [-0.15, -0.1) is 0 Å². The van der Waals surface area contributed by atoms with Gasteiger partial charge in [-0.3, -0.25) is 0 Å². The minimum atomic E-state index is 0.787. The van der Waals surface area contributed by atoms with Crippen molar-refractivity contribution in [3.63, 3.8) is 0 Å². The number of benzene rings is 1. The van der Waals surface area contributed by atoms with Gasteiger partial charge in [0.2, 0.25) is 0 Å². The molecule has 1 N–H and O–H groups in total. The number of hydrogen-bond donors (Lipinski definition) is 1. The van der Waals surface area contributed by atoms with E-state index in [0.717, 1.165) is 23.7 Å². The number of pyridine rings is 1. The Morgan fingerprint density at radius 2 is 1.94 bits per heavy atom. The zero-order valence-corrected chi connectivity index (χ0v) is 11.1. The van der Waals surface area contributed by atoms with Gasteiger partial charge in [0.05, 0.1) is 5.69 Å². The average Bonchev–Trinajstić information content (AvgIpc) is 2.39. The van der Waals surface area contributed by atoms with E-state index in [4.69, 9.17) is 0 Å². The van der Waals surface area contributed by atoms with Crippen molar-refractivity contribution >= 4 is 11.5 Å². The molecular weight excluding hydrogens is 222 g/mol. The molecule has 0 aliphatic carbocycles. The van der Waals surface area contributed by atoms with Crippen LogP contribution in [0.15, 0.2) is 42.5 Å². The number of aromatic nitrogens is 1. The Morgan fingerprint density at radius 1 is 1.17 bits per heavy atom. The highest BCUT2D eigenvalue weighted by molar-refractivity contribution is 5.59. The van der Waals surface area contributed by atoms with Crippen LogP contribution in [0.5, 0.6) is 0 Å². The van der Waals surface area contributed by atoms with E-state index in [0.29, 0.717) is 0 Å². The molecule has 2 aromatic rings. The maximum Gasteiger partial charge on any atom is 0.133 e. The number of aryl methyl sites for hydroxylation is 1. The predicted octanol–water partition coefficient (Wildman–Crippen LogP) is 2.88. The van der Waals surface area contributed by atoms with Crippen LogP contribution in [0.4, 0.5) is 11.5 Å². The first kappa shape index (κ1) is 12.6. The molecule has 0 aliphatic rings. The molecule has 0 amide bonds. The fourth-order valence-electron chi connectivity index (χ4n) is 1.90. The van der Waals surface area contributed by atoms with E-state index in [1.54, 1.807) is 0 Å². The molecule has 0 unspecified atom stereocenters. The predicted molar refractivity (Wildman–Crippen MR) is 76.2 cm³/mol. The molecule has 1 aromatic heterocycles. The van der Waals surface area contributed by atoms with Gasteiger partial charge in [-0.1, -0.05) is 18.2 Å². The smallest absolute Gasteiger partial charge is 0.133 e. The van der Waals surface area contributed by atoms with Gasteiger partial charge in [-0.25, -0.2) is 4.98 Å². The van der Waals surface area contributed by atoms with Crippen LogP contribution in [0.25, 0.3) is 0 Å². The molecule has 2 rings (SSSR count). The fraction of sp³-hybridized carbons (Fsp3) is 0.267. The largest absolute Gasteiger partial charge is 0.329 e. The van der Waals surface area contributed by atoms with Gasteiger partial charge in [0.25, 0.3) is 0 Å². The maximum absolute atomic E-state index is 4.63. The van der Waals surface area contributed by atoms with E-state index in [2.05, 4.69) is 46.4 Å². The van der Waals surface area contributed by atoms with Crippen molar-refractivity contribution < 1.29 is 0 Å². The summed E-state index contributed by atoms with van der Waals surface area (Å²) in [6.07, 6.45) is 0. The lowest BCUT2D eigenvalue weighted by atomic mass is 10.2. The molecule has 0 bridgehead atoms. The Hall–Kier alpha value is -1.87. The van der Waals surface area contributed by atoms with Crippen LogP contribution in [-0.2, 0) is 6.54 Å². The normalized spacial score (nSPS) is 10.4. The first-order valence-corrected chi connectivity index (χ1v) is 6.11. The fourth-order valence-corrected chi connectivity index (χ4v) is 1.90. The topological polar surface area (TPSA) is 28.2 Å². The van der Waals surface area contributed by atoms with Crippen molar-refractivity contribution in [1.29, 1.82) is 0 Å². The molecule has 18 heavy (non-hydrogen) atoms. The van der Waals surface area contributed by atoms with Crippen molar-refractivity contribution in [3.05, 3.63) is 53.7 Å². The molecule has 3 heteroatoms. The Labute approximate surface area is 108 Å². The van der Waals surface area contributed by atoms with Gasteiger partial charge in [0.1, 0.15) is 5.82 Å². The summed E-state index contributed by atoms with van der Waals surface area (Å²) in [5.74, 6) is 0.966. The molecule has 0 fully saturated rings. The number of rotatable bonds is 4. The number of nitrogens with zero attached hydrogens (tertiary/aromatic N) is 2. The van der Waals surface area contributed by atoms with E-state index >= 15 is 0 Å². The number of nitrogens with one attached hydrogen (secondary N) is 1. The van der Waals surface area contributed by atoms with Crippen LogP contribution in [0.2, 0.25) is 0 Å². The molecule has 0 spiro atoms. The zero-order chi connectivity index (χ0) is 13.0. The summed E-state index contributed by atoms with van der Waals surface area (Å²) in [4.78, 5) is 6.74. The minimum Gasteiger partial charge on any atom is -0.329 e. The van der Waals surface area contributed by atoms with Crippen LogP contribution in [0.1, 0.15) is 11.3 Å². The van der Waals surface area contributed by atoms with Gasteiger partial charge in [0.15, 0.2) is 0 Å². The summed E-state index contributed by atoms with van der Waals surface area (Å²) in [7, 11) is 3.97. The quantitative estimate of drug-likeness (QED) is 0.892. The van der Waals surface area contributed by atoms with Gasteiger partial charge in [0, 0.05) is 19.3 Å². The van der Waals surface area contributed by atoms with Crippen LogP contribution in [-0.4, -0.2) is 19.1 Å². The lowest BCUT2D eigenvalue weighted by Crippen LogP contribution is -2.13. The second kappa shape index (κ2) is 5.65. The van der Waals surface area contributed by atoms with E-state index in [1.165, 1.54) is 5.56 Å². The van der Waals surface area contributed by atoms with Crippen molar-refractivity contribution in [2.24, 2.45) is 0 Å². The van der Waals surface area contributed by atoms with E-state index in [1.807, 2.05) is 32.3 Å². The maximum atomic E-state index is 4.63. The lowest BCUT2D eigenvalue weighted by molar-refractivity contribution is 0.790. The Kier molecular flexibility index (Phi) is 3.95. The second-order valence-corrected chi connectivity index (χ2v) is 4.42. The van der Waals surface area contributed by atoms with Crippen molar-refractivity contribution in [2.45, 2.75) is 13.5 Å². The SMILES string of the molecule is CNCc1cccc(N(C)c2cccc(C)c2)n1. The molecule has 0 atom stereocenters. The third-order valence-corrected chi connectivity index (χ3v) is 2.88. The second-order valence-electron chi connectivity index (χ2n) is 4.42. The Bertz CT molecular complexity index is 523. The van der Waals surface area contributed by atoms with Crippen LogP contribution in [0, 0.1) is 6.92 Å². The van der Waals surface area contributed by atoms with Crippen molar-refractivity contribution in [3.8, 4) is 0 Å². The Balaban J connectivity index is 2.27. The number of anilines is 2. The highest BCUT2D eigenvalue weighted by atomic mass is 15.2. The summed E-state index contributed by atoms with van der Waals surface area (Å²) < 4.78 is 0. The van der Waals surface area contributed by atoms with Gasteiger partial charge >= 0.3 is 0 Å². The zero-order valence-electron chi connectivity index (χ0n) is 11.1. The van der Waals surface area contributed by atoms with Gasteiger partial charge in [-0.2, -0.15) is 0 Å². The summed E-state index contributed by atoms with van der Waals surface area (Å²) in [5, 5.41) is 3.12. The van der Waals surface area contributed by atoms with Crippen LogP contribution in [0.3, 0.4) is 0 Å². The monoisotopic (exact) mass is 241 g/mol. The summed E-state index contributed by atoms with van der Waals surface area (Å²) in [6, 6.07) is 14.5. The summed E-state index contributed by atoms with van der Waals surface area (Å²) >= 11 is 0. The molecule has 1 heterocycles. The molecule has 1 aromatic carbocycles. The minimum absolute atomic E-state index is 0.787. The van der Waals surface area contributed by atoms with Crippen LogP contribution < -0.4 is 10.2 Å². The van der Waals surface area contributed by atoms with Gasteiger partial charge in [-0.05, 0) is 43.8 Å². The number of hydrogen-bond acceptors (Lipinski definition) is 3. The van der Waals surface area contributed by atoms with Crippen LogP contribution >= 0.6 is 0 Å². The highest BCUT2D eigenvalue weighted by Crippen LogP contribution is 2.22. The summed E-state index contributed by atoms with van der Waals surface area (Å²) in [6.45, 7) is 2.89. The molecule has 94 valence electrons. The van der Waals surface area contributed by atoms with Crippen molar-refractivity contribution in [1.82, 2.24) is 10.3 Å². The van der Waals surface area contributed by atoms with Crippen molar-refractivity contribution in [2.75, 3.05) is 19.0 Å². The molecular formula is C15H19N3. The van der Waals surface area contributed by atoms with E-state index in [9.17, 15) is 0 Å². The first-order valence-electron chi connectivity index (χ1n) is 6.11. The van der Waals surface area contributed by atoms with Gasteiger partial charge < -0.3 is 10.2 Å². The molecule has 0 radical (unpaired) electrons. The third kappa shape index (κ3) is 2.87. The average molecular weight is 241 g/mol. The first-order chi connectivity index (χ1) is 8.70. The molecule has 0 saturated heterocycles. The van der Waals surface area contributed by atoms with E-state index in [-0.39, 0.29) is 0 Å². The summed E-state index contributed by atoms with van der Waals surface area (Å²) in [5.41, 5.74) is 3.46. The Morgan fingerprint density at radius 3 is 2.67 bits per heavy atom. The third-order valence-electron chi connectivity index (χ3n) is 2.88. The van der Waals surface area contributed by atoms with E-state index < -0.39 is 0 Å². The standard InChI is InChI=1S/C15H19N3/c1-12-6-4-8-14(10-12)18(3)15-9-5-7-13(17-15)11-16-2/h4-10,16H,11H2,1-3H3.